The summed E-state index contributed by atoms with van der Waals surface area (Å²) >= 11 is 12.9. The van der Waals surface area contributed by atoms with E-state index in [1.807, 2.05) is 24.3 Å². The number of benzene rings is 2. The maximum absolute atomic E-state index is 13.0. The fourth-order valence-corrected chi connectivity index (χ4v) is 4.95. The number of amides is 1. The third kappa shape index (κ3) is 5.03. The molecular weight excluding hydrogens is 480 g/mol. The Morgan fingerprint density at radius 2 is 1.94 bits per heavy atom. The highest BCUT2D eigenvalue weighted by atomic mass is 35.5. The summed E-state index contributed by atoms with van der Waals surface area (Å²) in [5.41, 5.74) is 2.39. The van der Waals surface area contributed by atoms with E-state index in [1.165, 1.54) is 40.4 Å². The van der Waals surface area contributed by atoms with E-state index in [-0.39, 0.29) is 16.6 Å². The second-order valence-electron chi connectivity index (χ2n) is 7.41. The predicted octanol–water partition coefficient (Wildman–Crippen LogP) is 7.26. The fraction of sp³-hybridized carbons (Fsp3) is 0.167. The summed E-state index contributed by atoms with van der Waals surface area (Å²) in [6.07, 6.45) is 4.90. The Balaban J connectivity index is 1.54. The standard InChI is InChI=1S/C24H19ClN2O4S2/c1-2-3-4-15-5-7-16(8-6-15)26-23(28)22(33-24(26)32)14-18-10-12-21(31-18)19-11-9-17(27(29)30)13-20(19)25/h5-14H,2-4H2,1H3/b22-14+. The molecule has 0 bridgehead atoms. The van der Waals surface area contributed by atoms with E-state index in [0.717, 1.165) is 24.9 Å². The Kier molecular flexibility index (Phi) is 6.97. The van der Waals surface area contributed by atoms with Gasteiger partial charge in [0.25, 0.3) is 11.6 Å². The van der Waals surface area contributed by atoms with Crippen LogP contribution in [-0.4, -0.2) is 15.2 Å². The summed E-state index contributed by atoms with van der Waals surface area (Å²) in [4.78, 5) is 25.4. The van der Waals surface area contributed by atoms with Crippen molar-refractivity contribution < 1.29 is 14.1 Å². The van der Waals surface area contributed by atoms with Crippen LogP contribution in [0, 0.1) is 10.1 Å². The number of carbonyl (C=O) groups excluding carboxylic acids is 1. The zero-order valence-electron chi connectivity index (χ0n) is 17.6. The van der Waals surface area contributed by atoms with Gasteiger partial charge in [-0.3, -0.25) is 19.8 Å². The van der Waals surface area contributed by atoms with Crippen LogP contribution in [0.2, 0.25) is 5.02 Å². The third-order valence-electron chi connectivity index (χ3n) is 5.14. The van der Waals surface area contributed by atoms with E-state index in [4.69, 9.17) is 28.2 Å². The van der Waals surface area contributed by atoms with Crippen LogP contribution in [0.15, 0.2) is 63.9 Å². The minimum absolute atomic E-state index is 0.0994. The first-order valence-corrected chi connectivity index (χ1v) is 11.9. The lowest BCUT2D eigenvalue weighted by Gasteiger charge is -2.15. The molecule has 1 saturated heterocycles. The Bertz CT molecular complexity index is 1270. The summed E-state index contributed by atoms with van der Waals surface area (Å²) in [5, 5.41) is 11.1. The molecule has 1 aliphatic heterocycles. The van der Waals surface area contributed by atoms with Gasteiger partial charge >= 0.3 is 0 Å². The van der Waals surface area contributed by atoms with Gasteiger partial charge in [0.2, 0.25) is 0 Å². The van der Waals surface area contributed by atoms with Crippen LogP contribution in [0.25, 0.3) is 17.4 Å². The summed E-state index contributed by atoms with van der Waals surface area (Å²) in [5.74, 6) is 0.687. The van der Waals surface area contributed by atoms with Crippen LogP contribution < -0.4 is 4.90 Å². The Hall–Kier alpha value is -2.94. The molecule has 0 unspecified atom stereocenters. The molecule has 0 spiro atoms. The van der Waals surface area contributed by atoms with Crippen molar-refractivity contribution in [1.29, 1.82) is 0 Å². The minimum Gasteiger partial charge on any atom is -0.457 e. The SMILES string of the molecule is CCCCc1ccc(N2C(=O)/C(=C\c3ccc(-c4ccc([N+](=O)[O-])cc4Cl)o3)SC2=S)cc1. The van der Waals surface area contributed by atoms with Crippen LogP contribution in [0.1, 0.15) is 31.1 Å². The van der Waals surface area contributed by atoms with E-state index in [2.05, 4.69) is 6.92 Å². The molecule has 1 aromatic heterocycles. The summed E-state index contributed by atoms with van der Waals surface area (Å²) in [6, 6.07) is 15.5. The van der Waals surface area contributed by atoms with Gasteiger partial charge < -0.3 is 4.42 Å². The number of carbonyl (C=O) groups is 1. The molecule has 0 radical (unpaired) electrons. The van der Waals surface area contributed by atoms with E-state index < -0.39 is 4.92 Å². The number of hydrogen-bond donors (Lipinski definition) is 0. The Labute approximate surface area is 205 Å². The lowest BCUT2D eigenvalue weighted by molar-refractivity contribution is -0.384. The van der Waals surface area contributed by atoms with Gasteiger partial charge in [-0.25, -0.2) is 0 Å². The van der Waals surface area contributed by atoms with Crippen molar-refractivity contribution in [3.8, 4) is 11.3 Å². The quantitative estimate of drug-likeness (QED) is 0.148. The second kappa shape index (κ2) is 9.91. The number of nitro benzene ring substituents is 1. The Morgan fingerprint density at radius 3 is 2.61 bits per heavy atom. The van der Waals surface area contributed by atoms with Gasteiger partial charge in [-0.1, -0.05) is 61.1 Å². The molecule has 33 heavy (non-hydrogen) atoms. The number of nitrogens with zero attached hydrogens (tertiary/aromatic N) is 2. The summed E-state index contributed by atoms with van der Waals surface area (Å²) in [7, 11) is 0. The fourth-order valence-electron chi connectivity index (χ4n) is 3.40. The molecule has 0 aliphatic carbocycles. The van der Waals surface area contributed by atoms with Crippen molar-refractivity contribution in [2.45, 2.75) is 26.2 Å². The van der Waals surface area contributed by atoms with Gasteiger partial charge in [0, 0.05) is 23.8 Å². The monoisotopic (exact) mass is 498 g/mol. The molecule has 0 saturated carbocycles. The number of anilines is 1. The average Bonchev–Trinajstić information content (AvgIpc) is 3.36. The summed E-state index contributed by atoms with van der Waals surface area (Å²) < 4.78 is 6.29. The number of rotatable bonds is 7. The van der Waals surface area contributed by atoms with Crippen LogP contribution in [0.3, 0.4) is 0 Å². The topological polar surface area (TPSA) is 76.6 Å². The molecule has 0 atom stereocenters. The number of non-ortho nitro benzene ring substituents is 1. The molecule has 6 nitrogen and oxygen atoms in total. The number of halogens is 1. The van der Waals surface area contributed by atoms with Gasteiger partial charge in [-0.05, 0) is 48.7 Å². The minimum atomic E-state index is -0.510. The maximum atomic E-state index is 13.0. The number of nitro groups is 1. The molecule has 168 valence electrons. The van der Waals surface area contributed by atoms with Gasteiger partial charge in [-0.2, -0.15) is 0 Å². The molecular formula is C24H19ClN2O4S2. The molecule has 4 rings (SSSR count). The zero-order valence-corrected chi connectivity index (χ0v) is 20.0. The van der Waals surface area contributed by atoms with E-state index in [1.54, 1.807) is 18.2 Å². The number of thioether (sulfide) groups is 1. The van der Waals surface area contributed by atoms with Gasteiger partial charge in [0.05, 0.1) is 20.5 Å². The molecule has 0 N–H and O–H groups in total. The number of unbranched alkanes of at least 4 members (excludes halogenated alkanes) is 1. The Morgan fingerprint density at radius 1 is 1.18 bits per heavy atom. The predicted molar refractivity (Wildman–Crippen MR) is 137 cm³/mol. The lowest BCUT2D eigenvalue weighted by Crippen LogP contribution is -2.27. The van der Waals surface area contributed by atoms with E-state index in [0.29, 0.717) is 26.3 Å². The summed E-state index contributed by atoms with van der Waals surface area (Å²) in [6.45, 7) is 2.16. The molecule has 9 heteroatoms. The van der Waals surface area contributed by atoms with E-state index >= 15 is 0 Å². The zero-order chi connectivity index (χ0) is 23.5. The molecule has 1 fully saturated rings. The average molecular weight is 499 g/mol. The highest BCUT2D eigenvalue weighted by Gasteiger charge is 2.33. The molecule has 2 aromatic carbocycles. The smallest absolute Gasteiger partial charge is 0.270 e. The van der Waals surface area contributed by atoms with Crippen molar-refractivity contribution in [1.82, 2.24) is 0 Å². The second-order valence-corrected chi connectivity index (χ2v) is 9.49. The molecule has 3 aromatic rings. The van der Waals surface area contributed by atoms with Crippen molar-refractivity contribution >= 4 is 63.3 Å². The molecule has 2 heterocycles. The molecule has 1 amide bonds. The number of thiocarbonyl (C=S) groups is 1. The van der Waals surface area contributed by atoms with Crippen LogP contribution >= 0.6 is 35.6 Å². The van der Waals surface area contributed by atoms with Crippen LogP contribution in [0.4, 0.5) is 11.4 Å². The number of aryl methyl sites for hydroxylation is 1. The first-order valence-electron chi connectivity index (χ1n) is 10.3. The van der Waals surface area contributed by atoms with Crippen LogP contribution in [0.5, 0.6) is 0 Å². The normalized spacial score (nSPS) is 15.0. The number of furan rings is 1. The van der Waals surface area contributed by atoms with E-state index in [9.17, 15) is 14.9 Å². The van der Waals surface area contributed by atoms with Crippen molar-refractivity contribution in [2.75, 3.05) is 4.90 Å². The van der Waals surface area contributed by atoms with Crippen LogP contribution in [-0.2, 0) is 11.2 Å². The van der Waals surface area contributed by atoms with Crippen molar-refractivity contribution in [3.05, 3.63) is 86.0 Å². The highest BCUT2D eigenvalue weighted by molar-refractivity contribution is 8.27. The lowest BCUT2D eigenvalue weighted by atomic mass is 10.1. The highest BCUT2D eigenvalue weighted by Crippen LogP contribution is 2.37. The first-order chi connectivity index (χ1) is 15.9. The van der Waals surface area contributed by atoms with Crippen molar-refractivity contribution in [3.63, 3.8) is 0 Å². The first kappa shape index (κ1) is 23.2. The maximum Gasteiger partial charge on any atom is 0.270 e. The van der Waals surface area contributed by atoms with Gasteiger partial charge in [-0.15, -0.1) is 0 Å². The third-order valence-corrected chi connectivity index (χ3v) is 6.75. The largest absolute Gasteiger partial charge is 0.457 e. The molecule has 1 aliphatic rings. The van der Waals surface area contributed by atoms with Crippen molar-refractivity contribution in [2.24, 2.45) is 0 Å². The van der Waals surface area contributed by atoms with Gasteiger partial charge in [0.15, 0.2) is 4.32 Å². The number of hydrogen-bond acceptors (Lipinski definition) is 6. The van der Waals surface area contributed by atoms with Gasteiger partial charge in [0.1, 0.15) is 11.5 Å².